The number of allylic oxidation sites excluding steroid dienone is 1. The molecule has 164 valence electrons. The molecule has 2 aliphatic heterocycles. The van der Waals surface area contributed by atoms with Gasteiger partial charge in [0.05, 0.1) is 22.7 Å². The smallest absolute Gasteiger partial charge is 0.345 e. The summed E-state index contributed by atoms with van der Waals surface area (Å²) in [4.78, 5) is 43.5. The second-order valence-electron chi connectivity index (χ2n) is 7.81. The Labute approximate surface area is 185 Å². The highest BCUT2D eigenvalue weighted by Gasteiger charge is 2.30. The van der Waals surface area contributed by atoms with E-state index < -0.39 is 5.97 Å². The first-order valence-corrected chi connectivity index (χ1v) is 11.6. The molecule has 1 amide bonds. The van der Waals surface area contributed by atoms with E-state index in [0.29, 0.717) is 31.9 Å². The van der Waals surface area contributed by atoms with Crippen LogP contribution in [0.1, 0.15) is 29.3 Å². The van der Waals surface area contributed by atoms with E-state index in [1.165, 1.54) is 4.57 Å². The number of esters is 1. The van der Waals surface area contributed by atoms with Gasteiger partial charge >= 0.3 is 5.97 Å². The van der Waals surface area contributed by atoms with Crippen molar-refractivity contribution in [3.05, 3.63) is 50.7 Å². The maximum absolute atomic E-state index is 13.2. The van der Waals surface area contributed by atoms with E-state index in [9.17, 15) is 14.4 Å². The third-order valence-electron chi connectivity index (χ3n) is 5.80. The summed E-state index contributed by atoms with van der Waals surface area (Å²) in [5.74, 6) is 0.438. The number of amides is 1. The Hall–Kier alpha value is -2.74. The van der Waals surface area contributed by atoms with Crippen LogP contribution in [-0.4, -0.2) is 59.9 Å². The molecule has 2 aromatic rings. The van der Waals surface area contributed by atoms with Gasteiger partial charge in [0.1, 0.15) is 5.56 Å². The van der Waals surface area contributed by atoms with Gasteiger partial charge in [-0.3, -0.25) is 9.59 Å². The van der Waals surface area contributed by atoms with Crippen molar-refractivity contribution < 1.29 is 14.3 Å². The van der Waals surface area contributed by atoms with Crippen LogP contribution < -0.4 is 10.5 Å². The molecule has 1 saturated heterocycles. The SMILES string of the molecule is CCOC(=O)c1c(N2CCN(C(=O)C3=CCCS3)CC2)c2cc(C)ccc2n(C)c1=O. The summed E-state index contributed by atoms with van der Waals surface area (Å²) in [5, 5.41) is 0.846. The lowest BCUT2D eigenvalue weighted by Gasteiger charge is -2.37. The Morgan fingerprint density at radius 1 is 1.16 bits per heavy atom. The van der Waals surface area contributed by atoms with Gasteiger partial charge in [-0.2, -0.15) is 0 Å². The molecule has 0 bridgehead atoms. The van der Waals surface area contributed by atoms with Crippen LogP contribution in [0.2, 0.25) is 0 Å². The molecule has 0 radical (unpaired) electrons. The largest absolute Gasteiger partial charge is 0.462 e. The first kappa shape index (κ1) is 21.5. The number of pyridine rings is 1. The third kappa shape index (κ3) is 3.96. The molecule has 1 aromatic heterocycles. The number of benzene rings is 1. The van der Waals surface area contributed by atoms with E-state index in [1.807, 2.05) is 36.1 Å². The van der Waals surface area contributed by atoms with E-state index >= 15 is 0 Å². The molecular formula is C23H27N3O4S. The summed E-state index contributed by atoms with van der Waals surface area (Å²) >= 11 is 1.61. The van der Waals surface area contributed by atoms with Crippen molar-refractivity contribution >= 4 is 40.2 Å². The van der Waals surface area contributed by atoms with Crippen LogP contribution >= 0.6 is 11.8 Å². The van der Waals surface area contributed by atoms with Gasteiger partial charge in [0, 0.05) is 44.4 Å². The van der Waals surface area contributed by atoms with Crippen LogP contribution in [0.15, 0.2) is 34.0 Å². The number of thioether (sulfide) groups is 1. The molecule has 0 spiro atoms. The number of ether oxygens (including phenoxy) is 1. The topological polar surface area (TPSA) is 71.8 Å². The standard InChI is InChI=1S/C23H27N3O4S/c1-4-30-23(29)19-20(16-14-15(2)7-8-17(16)24(3)22(19)28)25-9-11-26(12-10-25)21(27)18-6-5-13-31-18/h6-8,14H,4-5,9-13H2,1-3H3. The Balaban J connectivity index is 1.74. The number of fused-ring (bicyclic) bond motifs is 1. The summed E-state index contributed by atoms with van der Waals surface area (Å²) in [6.07, 6.45) is 2.95. The highest BCUT2D eigenvalue weighted by Crippen LogP contribution is 2.32. The number of aromatic nitrogens is 1. The first-order chi connectivity index (χ1) is 14.9. The van der Waals surface area contributed by atoms with Gasteiger partial charge < -0.3 is 19.1 Å². The zero-order chi connectivity index (χ0) is 22.1. The number of carbonyl (C=O) groups is 2. The zero-order valence-electron chi connectivity index (χ0n) is 18.1. The number of rotatable bonds is 4. The minimum absolute atomic E-state index is 0.0660. The van der Waals surface area contributed by atoms with Crippen LogP contribution in [0.5, 0.6) is 0 Å². The van der Waals surface area contributed by atoms with Gasteiger partial charge in [0.2, 0.25) is 0 Å². The van der Waals surface area contributed by atoms with Gasteiger partial charge in [-0.05, 0) is 32.4 Å². The van der Waals surface area contributed by atoms with Crippen molar-refractivity contribution in [1.82, 2.24) is 9.47 Å². The number of carbonyl (C=O) groups excluding carboxylic acids is 2. The lowest BCUT2D eigenvalue weighted by Crippen LogP contribution is -2.50. The van der Waals surface area contributed by atoms with Crippen molar-refractivity contribution in [3.8, 4) is 0 Å². The molecule has 1 fully saturated rings. The van der Waals surface area contributed by atoms with Gasteiger partial charge in [0.25, 0.3) is 11.5 Å². The average molecular weight is 442 g/mol. The van der Waals surface area contributed by atoms with E-state index in [-0.39, 0.29) is 23.6 Å². The quantitative estimate of drug-likeness (QED) is 0.680. The lowest BCUT2D eigenvalue weighted by molar-refractivity contribution is -0.126. The molecule has 2 aliphatic rings. The van der Waals surface area contributed by atoms with Gasteiger partial charge in [-0.25, -0.2) is 4.79 Å². The summed E-state index contributed by atoms with van der Waals surface area (Å²) in [5.41, 5.74) is 2.12. The fourth-order valence-electron chi connectivity index (χ4n) is 4.22. The molecule has 0 N–H and O–H groups in total. The Morgan fingerprint density at radius 3 is 2.55 bits per heavy atom. The van der Waals surface area contributed by atoms with E-state index in [2.05, 4.69) is 4.90 Å². The molecular weight excluding hydrogens is 414 g/mol. The van der Waals surface area contributed by atoms with Crippen LogP contribution in [-0.2, 0) is 16.6 Å². The third-order valence-corrected chi connectivity index (χ3v) is 6.89. The number of hydrogen-bond donors (Lipinski definition) is 0. The van der Waals surface area contributed by atoms with Crippen LogP contribution in [0, 0.1) is 6.92 Å². The molecule has 0 unspecified atom stereocenters. The molecule has 8 heteroatoms. The summed E-state index contributed by atoms with van der Waals surface area (Å²) in [6, 6.07) is 5.87. The number of aryl methyl sites for hydroxylation is 2. The average Bonchev–Trinajstić information content (AvgIpc) is 3.30. The van der Waals surface area contributed by atoms with Crippen molar-refractivity contribution in [2.75, 3.05) is 43.4 Å². The van der Waals surface area contributed by atoms with Crippen LogP contribution in [0.4, 0.5) is 5.69 Å². The van der Waals surface area contributed by atoms with E-state index in [4.69, 9.17) is 4.74 Å². The summed E-state index contributed by atoms with van der Waals surface area (Å²) in [7, 11) is 1.68. The van der Waals surface area contributed by atoms with Gasteiger partial charge in [-0.1, -0.05) is 17.7 Å². The summed E-state index contributed by atoms with van der Waals surface area (Å²) in [6.45, 7) is 6.10. The second-order valence-corrected chi connectivity index (χ2v) is 8.95. The Bertz CT molecular complexity index is 1130. The van der Waals surface area contributed by atoms with Crippen molar-refractivity contribution in [2.45, 2.75) is 20.3 Å². The maximum atomic E-state index is 13.2. The predicted molar refractivity (Wildman–Crippen MR) is 124 cm³/mol. The second kappa shape index (κ2) is 8.78. The van der Waals surface area contributed by atoms with E-state index in [0.717, 1.165) is 33.5 Å². The first-order valence-electron chi connectivity index (χ1n) is 10.6. The predicted octanol–water partition coefficient (Wildman–Crippen LogP) is 2.69. The molecule has 0 aliphatic carbocycles. The van der Waals surface area contributed by atoms with Crippen molar-refractivity contribution in [3.63, 3.8) is 0 Å². The molecule has 4 rings (SSSR count). The monoisotopic (exact) mass is 441 g/mol. The summed E-state index contributed by atoms with van der Waals surface area (Å²) < 4.78 is 6.76. The fourth-order valence-corrected chi connectivity index (χ4v) is 5.16. The normalized spacial score (nSPS) is 16.5. The minimum Gasteiger partial charge on any atom is -0.462 e. The van der Waals surface area contributed by atoms with Gasteiger partial charge in [0.15, 0.2) is 0 Å². The molecule has 3 heterocycles. The molecule has 0 saturated carbocycles. The number of piperazine rings is 1. The minimum atomic E-state index is -0.604. The van der Waals surface area contributed by atoms with Crippen molar-refractivity contribution in [2.24, 2.45) is 7.05 Å². The number of nitrogens with zero attached hydrogens (tertiary/aromatic N) is 3. The molecule has 0 atom stereocenters. The van der Waals surface area contributed by atoms with Crippen molar-refractivity contribution in [1.29, 1.82) is 0 Å². The van der Waals surface area contributed by atoms with Crippen LogP contribution in [0.3, 0.4) is 0 Å². The fraction of sp³-hybridized carbons (Fsp3) is 0.435. The number of hydrogen-bond acceptors (Lipinski definition) is 6. The van der Waals surface area contributed by atoms with Crippen LogP contribution in [0.25, 0.3) is 10.9 Å². The molecule has 7 nitrogen and oxygen atoms in total. The van der Waals surface area contributed by atoms with E-state index in [1.54, 1.807) is 25.7 Å². The zero-order valence-corrected chi connectivity index (χ0v) is 19.0. The number of anilines is 1. The highest BCUT2D eigenvalue weighted by molar-refractivity contribution is 8.04. The molecule has 1 aromatic carbocycles. The maximum Gasteiger partial charge on any atom is 0.345 e. The molecule has 31 heavy (non-hydrogen) atoms. The van der Waals surface area contributed by atoms with Gasteiger partial charge in [-0.15, -0.1) is 11.8 Å². The lowest BCUT2D eigenvalue weighted by atomic mass is 10.0. The Morgan fingerprint density at radius 2 is 1.90 bits per heavy atom. The Kier molecular flexibility index (Phi) is 6.09. The highest BCUT2D eigenvalue weighted by atomic mass is 32.2.